The molecule has 2 heterocycles. The average Bonchev–Trinajstić information content (AvgIpc) is 2.63. The summed E-state index contributed by atoms with van der Waals surface area (Å²) in [5.41, 5.74) is -0.285. The van der Waals surface area contributed by atoms with Crippen molar-refractivity contribution in [3.8, 4) is 0 Å². The van der Waals surface area contributed by atoms with Gasteiger partial charge >= 0.3 is 6.18 Å². The van der Waals surface area contributed by atoms with E-state index in [9.17, 15) is 18.0 Å². The lowest BCUT2D eigenvalue weighted by molar-refractivity contribution is -0.138. The Morgan fingerprint density at radius 2 is 1.81 bits per heavy atom. The molecule has 3 rings (SSSR count). The van der Waals surface area contributed by atoms with Gasteiger partial charge in [0, 0.05) is 32.7 Å². The monoisotopic (exact) mass is 370 g/mol. The first-order valence-electron chi connectivity index (χ1n) is 9.16. The first kappa shape index (κ1) is 19.2. The van der Waals surface area contributed by atoms with Gasteiger partial charge in [0.1, 0.15) is 0 Å². The number of benzene rings is 1. The van der Waals surface area contributed by atoms with Crippen LogP contribution in [0.15, 0.2) is 24.3 Å². The first-order valence-corrected chi connectivity index (χ1v) is 9.16. The van der Waals surface area contributed by atoms with Crippen molar-refractivity contribution in [3.63, 3.8) is 0 Å². The highest BCUT2D eigenvalue weighted by Gasteiger charge is 2.31. The minimum atomic E-state index is -4.38. The molecule has 0 saturated carbocycles. The van der Waals surface area contributed by atoms with Crippen molar-refractivity contribution < 1.29 is 22.7 Å². The number of carbonyl (C=O) groups is 1. The fourth-order valence-corrected chi connectivity index (χ4v) is 3.66. The Kier molecular flexibility index (Phi) is 6.19. The molecule has 1 amide bonds. The Morgan fingerprint density at radius 3 is 2.46 bits per heavy atom. The summed E-state index contributed by atoms with van der Waals surface area (Å²) in [4.78, 5) is 16.6. The van der Waals surface area contributed by atoms with Crippen LogP contribution in [0.3, 0.4) is 0 Å². The van der Waals surface area contributed by atoms with Gasteiger partial charge in [-0.3, -0.25) is 9.69 Å². The van der Waals surface area contributed by atoms with Gasteiger partial charge < -0.3 is 9.64 Å². The standard InChI is InChI=1S/C19H25F3N2O2/c20-19(21,22)17-3-1-2-16(12-17)13-18(25)24-6-4-15(5-7-24)14-23-8-10-26-11-9-23/h1-3,12,15H,4-11,13-14H2. The number of alkyl halides is 3. The van der Waals surface area contributed by atoms with Crippen molar-refractivity contribution in [2.24, 2.45) is 5.92 Å². The van der Waals surface area contributed by atoms with Gasteiger partial charge in [-0.1, -0.05) is 18.2 Å². The Hall–Kier alpha value is -1.60. The van der Waals surface area contributed by atoms with Gasteiger partial charge in [-0.25, -0.2) is 0 Å². The summed E-state index contributed by atoms with van der Waals surface area (Å²) in [6, 6.07) is 5.05. The maximum atomic E-state index is 12.8. The van der Waals surface area contributed by atoms with Crippen molar-refractivity contribution in [3.05, 3.63) is 35.4 Å². The third kappa shape index (κ3) is 5.20. The molecule has 2 aliphatic heterocycles. The molecule has 0 unspecified atom stereocenters. The predicted molar refractivity (Wildman–Crippen MR) is 91.7 cm³/mol. The van der Waals surface area contributed by atoms with Crippen molar-refractivity contribution >= 4 is 5.91 Å². The van der Waals surface area contributed by atoms with Crippen LogP contribution in [0.1, 0.15) is 24.0 Å². The third-order valence-corrected chi connectivity index (χ3v) is 5.20. The van der Waals surface area contributed by atoms with Gasteiger partial charge in [0.15, 0.2) is 0 Å². The van der Waals surface area contributed by atoms with Gasteiger partial charge in [-0.15, -0.1) is 0 Å². The normalized spacial score (nSPS) is 20.3. The van der Waals surface area contributed by atoms with E-state index in [0.717, 1.165) is 57.8 Å². The smallest absolute Gasteiger partial charge is 0.379 e. The fraction of sp³-hybridized carbons (Fsp3) is 0.632. The molecular formula is C19H25F3N2O2. The van der Waals surface area contributed by atoms with Crippen LogP contribution in [0.25, 0.3) is 0 Å². The lowest BCUT2D eigenvalue weighted by Crippen LogP contribution is -2.44. The van der Waals surface area contributed by atoms with E-state index >= 15 is 0 Å². The summed E-state index contributed by atoms with van der Waals surface area (Å²) in [5.74, 6) is 0.486. The van der Waals surface area contributed by atoms with Crippen LogP contribution in [0.4, 0.5) is 13.2 Å². The highest BCUT2D eigenvalue weighted by atomic mass is 19.4. The number of nitrogens with zero attached hydrogens (tertiary/aromatic N) is 2. The molecule has 0 spiro atoms. The average molecular weight is 370 g/mol. The second kappa shape index (κ2) is 8.39. The summed E-state index contributed by atoms with van der Waals surface area (Å²) in [6.07, 6.45) is -2.45. The molecule has 1 aromatic rings. The third-order valence-electron chi connectivity index (χ3n) is 5.20. The predicted octanol–water partition coefficient (Wildman–Crippen LogP) is 2.82. The molecule has 144 valence electrons. The van der Waals surface area contributed by atoms with Gasteiger partial charge in [0.2, 0.25) is 5.91 Å². The first-order chi connectivity index (χ1) is 12.4. The highest BCUT2D eigenvalue weighted by molar-refractivity contribution is 5.78. The number of halogens is 3. The van der Waals surface area contributed by atoms with Gasteiger partial charge in [0.25, 0.3) is 0 Å². The van der Waals surface area contributed by atoms with Crippen molar-refractivity contribution in [2.75, 3.05) is 45.9 Å². The van der Waals surface area contributed by atoms with Crippen LogP contribution in [-0.4, -0.2) is 61.6 Å². The molecule has 2 fully saturated rings. The Labute approximate surface area is 151 Å². The molecule has 0 bridgehead atoms. The minimum Gasteiger partial charge on any atom is -0.379 e. The lowest BCUT2D eigenvalue weighted by atomic mass is 9.95. The zero-order chi connectivity index (χ0) is 18.6. The zero-order valence-corrected chi connectivity index (χ0v) is 14.8. The van der Waals surface area contributed by atoms with Crippen molar-refractivity contribution in [1.82, 2.24) is 9.80 Å². The summed E-state index contributed by atoms with van der Waals surface area (Å²) in [7, 11) is 0. The molecule has 0 N–H and O–H groups in total. The molecule has 2 saturated heterocycles. The van der Waals surface area contributed by atoms with E-state index in [1.807, 2.05) is 0 Å². The van der Waals surface area contributed by atoms with E-state index in [1.165, 1.54) is 6.07 Å². The Bertz CT molecular complexity index is 607. The second-order valence-corrected chi connectivity index (χ2v) is 7.11. The number of likely N-dealkylation sites (tertiary alicyclic amines) is 1. The van der Waals surface area contributed by atoms with Gasteiger partial charge in [-0.05, 0) is 30.4 Å². The lowest BCUT2D eigenvalue weighted by Gasteiger charge is -2.36. The molecule has 2 aliphatic rings. The number of hydrogen-bond donors (Lipinski definition) is 0. The van der Waals surface area contributed by atoms with Crippen LogP contribution in [-0.2, 0) is 22.1 Å². The van der Waals surface area contributed by atoms with E-state index in [4.69, 9.17) is 4.74 Å². The van der Waals surface area contributed by atoms with Crippen molar-refractivity contribution in [2.45, 2.75) is 25.4 Å². The van der Waals surface area contributed by atoms with E-state index in [1.54, 1.807) is 11.0 Å². The number of rotatable bonds is 4. The maximum Gasteiger partial charge on any atom is 0.416 e. The largest absolute Gasteiger partial charge is 0.416 e. The van der Waals surface area contributed by atoms with Crippen LogP contribution in [0.5, 0.6) is 0 Å². The van der Waals surface area contributed by atoms with Crippen LogP contribution in [0.2, 0.25) is 0 Å². The minimum absolute atomic E-state index is 0.0258. The summed E-state index contributed by atoms with van der Waals surface area (Å²) in [5, 5.41) is 0. The fourth-order valence-electron chi connectivity index (χ4n) is 3.66. The Morgan fingerprint density at radius 1 is 1.12 bits per heavy atom. The summed E-state index contributed by atoms with van der Waals surface area (Å²) >= 11 is 0. The zero-order valence-electron chi connectivity index (χ0n) is 14.8. The molecule has 7 heteroatoms. The molecule has 0 atom stereocenters. The molecule has 4 nitrogen and oxygen atoms in total. The van der Waals surface area contributed by atoms with Gasteiger partial charge in [0.05, 0.1) is 25.2 Å². The number of amides is 1. The number of ether oxygens (including phenoxy) is 1. The molecule has 0 aromatic heterocycles. The SMILES string of the molecule is O=C(Cc1cccc(C(F)(F)F)c1)N1CCC(CN2CCOCC2)CC1. The van der Waals surface area contributed by atoms with Crippen LogP contribution < -0.4 is 0 Å². The topological polar surface area (TPSA) is 32.8 Å². The maximum absolute atomic E-state index is 12.8. The number of hydrogen-bond acceptors (Lipinski definition) is 3. The van der Waals surface area contributed by atoms with E-state index in [2.05, 4.69) is 4.90 Å². The van der Waals surface area contributed by atoms with E-state index < -0.39 is 11.7 Å². The van der Waals surface area contributed by atoms with Crippen molar-refractivity contribution in [1.29, 1.82) is 0 Å². The number of carbonyl (C=O) groups excluding carboxylic acids is 1. The quantitative estimate of drug-likeness (QED) is 0.817. The van der Waals surface area contributed by atoms with E-state index in [-0.39, 0.29) is 12.3 Å². The molecule has 0 aliphatic carbocycles. The summed E-state index contributed by atoms with van der Waals surface area (Å²) < 4.78 is 43.7. The molecular weight excluding hydrogens is 345 g/mol. The highest BCUT2D eigenvalue weighted by Crippen LogP contribution is 2.29. The number of morpholine rings is 1. The Balaban J connectivity index is 1.48. The second-order valence-electron chi connectivity index (χ2n) is 7.11. The van der Waals surface area contributed by atoms with Crippen LogP contribution in [0, 0.1) is 5.92 Å². The molecule has 0 radical (unpaired) electrons. The van der Waals surface area contributed by atoms with Crippen LogP contribution >= 0.6 is 0 Å². The number of piperidine rings is 1. The summed E-state index contributed by atoms with van der Waals surface area (Å²) in [6.45, 7) is 5.92. The van der Waals surface area contributed by atoms with E-state index in [0.29, 0.717) is 24.6 Å². The van der Waals surface area contributed by atoms with Gasteiger partial charge in [-0.2, -0.15) is 13.2 Å². The molecule has 26 heavy (non-hydrogen) atoms. The molecule has 1 aromatic carbocycles.